The summed E-state index contributed by atoms with van der Waals surface area (Å²) < 4.78 is 48.8. The first kappa shape index (κ1) is 25.3. The summed E-state index contributed by atoms with van der Waals surface area (Å²) in [7, 11) is 0. The van der Waals surface area contributed by atoms with E-state index in [4.69, 9.17) is 21.6 Å². The van der Waals surface area contributed by atoms with Gasteiger partial charge < -0.3 is 26.9 Å². The minimum Gasteiger partial charge on any atom is -0.453 e. The number of rotatable bonds is 9. The molecule has 0 radical (unpaired) electrons. The standard InChI is InChI=1S/C24H27F3N4O3/c1-12-20(26)22(30)19-17(32)11-18(34-23(19)21(12)27)13-7-8-16(14(25)10-13)31-24(33)15(29)6-4-2-3-5-9-28/h7-8,10-11,15H,2-6,9,28-30H2,1H3,(H,31,33). The Morgan fingerprint density at radius 2 is 1.79 bits per heavy atom. The second-order valence-corrected chi connectivity index (χ2v) is 8.13. The van der Waals surface area contributed by atoms with Crippen LogP contribution in [0.3, 0.4) is 0 Å². The molecule has 7 nitrogen and oxygen atoms in total. The van der Waals surface area contributed by atoms with E-state index in [1.807, 2.05) is 0 Å². The lowest BCUT2D eigenvalue weighted by Crippen LogP contribution is -2.35. The first-order chi connectivity index (χ1) is 16.1. The van der Waals surface area contributed by atoms with E-state index in [-0.39, 0.29) is 17.0 Å². The number of hydrogen-bond donors (Lipinski definition) is 4. The van der Waals surface area contributed by atoms with Crippen molar-refractivity contribution in [3.8, 4) is 11.3 Å². The van der Waals surface area contributed by atoms with Gasteiger partial charge in [-0.05, 0) is 44.5 Å². The number of nitrogen functional groups attached to an aromatic ring is 1. The molecule has 0 aliphatic rings. The molecule has 0 saturated carbocycles. The van der Waals surface area contributed by atoms with Crippen LogP contribution in [-0.4, -0.2) is 18.5 Å². The second-order valence-electron chi connectivity index (χ2n) is 8.13. The number of anilines is 2. The predicted octanol–water partition coefficient (Wildman–Crippen LogP) is 3.94. The zero-order valence-corrected chi connectivity index (χ0v) is 18.7. The van der Waals surface area contributed by atoms with E-state index in [9.17, 15) is 22.8 Å². The normalized spacial score (nSPS) is 12.2. The van der Waals surface area contributed by atoms with E-state index >= 15 is 0 Å². The molecule has 3 rings (SSSR count). The van der Waals surface area contributed by atoms with Crippen LogP contribution >= 0.6 is 0 Å². The molecule has 1 unspecified atom stereocenters. The number of nitrogens with one attached hydrogen (secondary N) is 1. The lowest BCUT2D eigenvalue weighted by molar-refractivity contribution is -0.117. The molecule has 0 fully saturated rings. The molecule has 0 spiro atoms. The molecule has 0 aliphatic heterocycles. The van der Waals surface area contributed by atoms with Crippen molar-refractivity contribution in [1.82, 2.24) is 0 Å². The van der Waals surface area contributed by atoms with E-state index in [0.717, 1.165) is 44.7 Å². The molecule has 0 saturated heterocycles. The fourth-order valence-electron chi connectivity index (χ4n) is 3.61. The quantitative estimate of drug-likeness (QED) is 0.273. The molecule has 1 amide bonds. The maximum Gasteiger partial charge on any atom is 0.241 e. The van der Waals surface area contributed by atoms with Crippen LogP contribution in [0.15, 0.2) is 33.5 Å². The minimum atomic E-state index is -1.07. The molecule has 34 heavy (non-hydrogen) atoms. The predicted molar refractivity (Wildman–Crippen MR) is 126 cm³/mol. The summed E-state index contributed by atoms with van der Waals surface area (Å²) in [6.07, 6.45) is 3.97. The number of amides is 1. The topological polar surface area (TPSA) is 137 Å². The van der Waals surface area contributed by atoms with Gasteiger partial charge in [-0.25, -0.2) is 13.2 Å². The molecule has 1 atom stereocenters. The van der Waals surface area contributed by atoms with Gasteiger partial charge in [0.25, 0.3) is 0 Å². The summed E-state index contributed by atoms with van der Waals surface area (Å²) in [6.45, 7) is 1.78. The van der Waals surface area contributed by atoms with Crippen LogP contribution in [0.1, 0.15) is 37.7 Å². The molecular weight excluding hydrogens is 449 g/mol. The maximum atomic E-state index is 14.7. The smallest absolute Gasteiger partial charge is 0.241 e. The van der Waals surface area contributed by atoms with Crippen LogP contribution in [0, 0.1) is 24.4 Å². The number of fused-ring (bicyclic) bond motifs is 1. The number of benzene rings is 2. The summed E-state index contributed by atoms with van der Waals surface area (Å²) in [5.74, 6) is -3.59. The fraction of sp³-hybridized carbons (Fsp3) is 0.333. The average Bonchev–Trinajstić information content (AvgIpc) is 2.81. The van der Waals surface area contributed by atoms with Crippen LogP contribution in [0.5, 0.6) is 0 Å². The van der Waals surface area contributed by atoms with Crippen molar-refractivity contribution in [2.24, 2.45) is 11.5 Å². The van der Waals surface area contributed by atoms with E-state index in [1.54, 1.807) is 0 Å². The van der Waals surface area contributed by atoms with Gasteiger partial charge in [0, 0.05) is 17.2 Å². The van der Waals surface area contributed by atoms with Crippen molar-refractivity contribution in [3.05, 3.63) is 57.5 Å². The van der Waals surface area contributed by atoms with Gasteiger partial charge in [0.15, 0.2) is 22.6 Å². The summed E-state index contributed by atoms with van der Waals surface area (Å²) in [5.41, 5.74) is 14.7. The van der Waals surface area contributed by atoms with Gasteiger partial charge in [0.05, 0.1) is 22.8 Å². The highest BCUT2D eigenvalue weighted by molar-refractivity contribution is 5.95. The number of nitrogens with two attached hydrogens (primary N) is 3. The first-order valence-electron chi connectivity index (χ1n) is 10.9. The Kier molecular flexibility index (Phi) is 7.95. The van der Waals surface area contributed by atoms with Crippen molar-refractivity contribution in [2.75, 3.05) is 17.6 Å². The number of carbonyl (C=O) groups is 1. The Hall–Kier alpha value is -3.37. The molecule has 0 aliphatic carbocycles. The summed E-state index contributed by atoms with van der Waals surface area (Å²) in [5, 5.41) is 2.02. The third kappa shape index (κ3) is 5.23. The first-order valence-corrected chi connectivity index (χ1v) is 10.9. The third-order valence-corrected chi connectivity index (χ3v) is 5.63. The van der Waals surface area contributed by atoms with Gasteiger partial charge in [0.1, 0.15) is 11.6 Å². The van der Waals surface area contributed by atoms with Crippen LogP contribution in [0.4, 0.5) is 24.5 Å². The molecule has 7 N–H and O–H groups in total. The van der Waals surface area contributed by atoms with Crippen molar-refractivity contribution < 1.29 is 22.4 Å². The highest BCUT2D eigenvalue weighted by Gasteiger charge is 2.21. The van der Waals surface area contributed by atoms with Gasteiger partial charge in [-0.1, -0.05) is 19.3 Å². The zero-order chi connectivity index (χ0) is 25.0. The largest absolute Gasteiger partial charge is 0.453 e. The molecule has 2 aromatic carbocycles. The molecule has 10 heteroatoms. The fourth-order valence-corrected chi connectivity index (χ4v) is 3.61. The molecule has 1 aromatic heterocycles. The lowest BCUT2D eigenvalue weighted by atomic mass is 10.1. The molecular formula is C24H27F3N4O3. The van der Waals surface area contributed by atoms with Crippen molar-refractivity contribution in [1.29, 1.82) is 0 Å². The summed E-state index contributed by atoms with van der Waals surface area (Å²) in [6, 6.07) is 3.86. The number of hydrogen-bond acceptors (Lipinski definition) is 6. The summed E-state index contributed by atoms with van der Waals surface area (Å²) >= 11 is 0. The van der Waals surface area contributed by atoms with Gasteiger partial charge in [-0.15, -0.1) is 0 Å². The highest BCUT2D eigenvalue weighted by atomic mass is 19.1. The second kappa shape index (κ2) is 10.7. The van der Waals surface area contributed by atoms with Crippen molar-refractivity contribution in [3.63, 3.8) is 0 Å². The van der Waals surface area contributed by atoms with Gasteiger partial charge in [-0.2, -0.15) is 0 Å². The molecule has 182 valence electrons. The number of halogens is 3. The maximum absolute atomic E-state index is 14.7. The van der Waals surface area contributed by atoms with Crippen LogP contribution in [0.2, 0.25) is 0 Å². The Morgan fingerprint density at radius 3 is 2.47 bits per heavy atom. The van der Waals surface area contributed by atoms with Crippen LogP contribution in [0.25, 0.3) is 22.3 Å². The Balaban J connectivity index is 1.81. The van der Waals surface area contributed by atoms with Gasteiger partial charge >= 0.3 is 0 Å². The van der Waals surface area contributed by atoms with Crippen LogP contribution < -0.4 is 27.9 Å². The number of carbonyl (C=O) groups excluding carboxylic acids is 1. The zero-order valence-electron chi connectivity index (χ0n) is 18.7. The third-order valence-electron chi connectivity index (χ3n) is 5.63. The monoisotopic (exact) mass is 476 g/mol. The van der Waals surface area contributed by atoms with E-state index < -0.39 is 57.0 Å². The summed E-state index contributed by atoms with van der Waals surface area (Å²) in [4.78, 5) is 24.8. The van der Waals surface area contributed by atoms with E-state index in [2.05, 4.69) is 5.32 Å². The van der Waals surface area contributed by atoms with Gasteiger partial charge in [-0.3, -0.25) is 9.59 Å². The van der Waals surface area contributed by atoms with E-state index in [1.165, 1.54) is 12.1 Å². The average molecular weight is 476 g/mol. The van der Waals surface area contributed by atoms with E-state index in [0.29, 0.717) is 13.0 Å². The van der Waals surface area contributed by atoms with Gasteiger partial charge in [0.2, 0.25) is 5.91 Å². The Morgan fingerprint density at radius 1 is 1.09 bits per heavy atom. The molecule has 3 aromatic rings. The molecule has 0 bridgehead atoms. The highest BCUT2D eigenvalue weighted by Crippen LogP contribution is 2.32. The van der Waals surface area contributed by atoms with Crippen molar-refractivity contribution >= 4 is 28.3 Å². The van der Waals surface area contributed by atoms with Crippen molar-refractivity contribution in [2.45, 2.75) is 45.1 Å². The Labute approximate surface area is 194 Å². The number of unbranched alkanes of at least 4 members (excludes halogenated alkanes) is 3. The Bertz CT molecular complexity index is 1280. The molecule has 1 heterocycles. The SMILES string of the molecule is Cc1c(F)c(N)c2c(=O)cc(-c3ccc(NC(=O)C(N)CCCCCCN)c(F)c3)oc2c1F. The minimum absolute atomic E-state index is 0.108. The van der Waals surface area contributed by atoms with Crippen LogP contribution in [-0.2, 0) is 4.79 Å². The lowest BCUT2D eigenvalue weighted by Gasteiger charge is -2.13.